The molecule has 1 rings (SSSR count). The predicted octanol–water partition coefficient (Wildman–Crippen LogP) is 3.35. The zero-order chi connectivity index (χ0) is 17.1. The second kappa shape index (κ2) is 6.56. The molecule has 0 fully saturated rings. The molecule has 1 aromatic carbocycles. The average molecular weight is 318 g/mol. The molecule has 0 spiro atoms. The van der Waals surface area contributed by atoms with Gasteiger partial charge in [-0.1, -0.05) is 18.2 Å². The first-order chi connectivity index (χ1) is 9.93. The molecule has 0 aromatic heterocycles. The van der Waals surface area contributed by atoms with Crippen LogP contribution in [0.2, 0.25) is 0 Å². The van der Waals surface area contributed by atoms with E-state index in [2.05, 4.69) is 0 Å². The maximum absolute atomic E-state index is 12.9. The van der Waals surface area contributed by atoms with Gasteiger partial charge in [-0.25, -0.2) is 4.79 Å². The fraction of sp³-hybridized carbons (Fsp3) is 0.533. The summed E-state index contributed by atoms with van der Waals surface area (Å²) in [5.74, 6) is 0. The number of amides is 1. The van der Waals surface area contributed by atoms with Crippen LogP contribution in [0, 0.1) is 0 Å². The third-order valence-electron chi connectivity index (χ3n) is 3.26. The summed E-state index contributed by atoms with van der Waals surface area (Å²) in [5.41, 5.74) is 4.55. The molecule has 22 heavy (non-hydrogen) atoms. The highest BCUT2D eigenvalue weighted by atomic mass is 19.4. The Morgan fingerprint density at radius 1 is 1.27 bits per heavy atom. The Labute approximate surface area is 127 Å². The van der Waals surface area contributed by atoms with Crippen LogP contribution in [0.25, 0.3) is 0 Å². The molecular weight excluding hydrogens is 297 g/mol. The second-order valence-electron chi connectivity index (χ2n) is 6.18. The van der Waals surface area contributed by atoms with E-state index < -0.39 is 29.4 Å². The molecule has 0 aliphatic rings. The molecule has 124 valence electrons. The Morgan fingerprint density at radius 2 is 1.82 bits per heavy atom. The summed E-state index contributed by atoms with van der Waals surface area (Å²) < 4.78 is 38.8. The van der Waals surface area contributed by atoms with Crippen molar-refractivity contribution in [2.45, 2.75) is 44.9 Å². The first kappa shape index (κ1) is 18.3. The van der Waals surface area contributed by atoms with Gasteiger partial charge in [-0.2, -0.15) is 13.2 Å². The second-order valence-corrected chi connectivity index (χ2v) is 6.18. The van der Waals surface area contributed by atoms with Crippen LogP contribution in [0.1, 0.15) is 31.9 Å². The molecule has 0 heterocycles. The standard InChI is InChI=1S/C15H21F3N2O2/c1-14(2,3)20(13(21)22)9-11(19)8-10-6-4-5-7-12(10)15(16,17)18/h4-7,11H,8-9,19H2,1-3H3,(H,21,22)/t11-/m0/s1. The predicted molar refractivity (Wildman–Crippen MR) is 77.6 cm³/mol. The summed E-state index contributed by atoms with van der Waals surface area (Å²) in [7, 11) is 0. The van der Waals surface area contributed by atoms with Crippen molar-refractivity contribution in [3.8, 4) is 0 Å². The van der Waals surface area contributed by atoms with E-state index in [-0.39, 0.29) is 18.5 Å². The number of halogens is 3. The molecule has 0 unspecified atom stereocenters. The first-order valence-electron chi connectivity index (χ1n) is 6.84. The van der Waals surface area contributed by atoms with Crippen LogP contribution in [0.4, 0.5) is 18.0 Å². The van der Waals surface area contributed by atoms with Crippen LogP contribution in [0.5, 0.6) is 0 Å². The van der Waals surface area contributed by atoms with E-state index in [1.165, 1.54) is 18.2 Å². The van der Waals surface area contributed by atoms with Gasteiger partial charge >= 0.3 is 12.3 Å². The number of nitrogens with two attached hydrogens (primary N) is 1. The Balaban J connectivity index is 2.90. The summed E-state index contributed by atoms with van der Waals surface area (Å²) >= 11 is 0. The van der Waals surface area contributed by atoms with Gasteiger partial charge in [-0.3, -0.25) is 0 Å². The Kier molecular flexibility index (Phi) is 5.45. The largest absolute Gasteiger partial charge is 0.465 e. The van der Waals surface area contributed by atoms with Crippen LogP contribution < -0.4 is 5.73 Å². The quantitative estimate of drug-likeness (QED) is 0.894. The number of hydrogen-bond acceptors (Lipinski definition) is 2. The van der Waals surface area contributed by atoms with Crippen molar-refractivity contribution in [1.82, 2.24) is 4.90 Å². The Hall–Kier alpha value is -1.76. The van der Waals surface area contributed by atoms with E-state index in [1.807, 2.05) is 0 Å². The lowest BCUT2D eigenvalue weighted by Gasteiger charge is -2.35. The summed E-state index contributed by atoms with van der Waals surface area (Å²) in [6.45, 7) is 5.08. The maximum atomic E-state index is 12.9. The lowest BCUT2D eigenvalue weighted by molar-refractivity contribution is -0.138. The summed E-state index contributed by atoms with van der Waals surface area (Å²) in [4.78, 5) is 12.4. The van der Waals surface area contributed by atoms with Crippen LogP contribution in [-0.4, -0.2) is 34.2 Å². The van der Waals surface area contributed by atoms with Crippen LogP contribution in [0.3, 0.4) is 0 Å². The van der Waals surface area contributed by atoms with E-state index in [4.69, 9.17) is 5.73 Å². The number of nitrogens with zero attached hydrogens (tertiary/aromatic N) is 1. The van der Waals surface area contributed by atoms with Gasteiger partial charge in [0.25, 0.3) is 0 Å². The number of benzene rings is 1. The monoisotopic (exact) mass is 318 g/mol. The summed E-state index contributed by atoms with van der Waals surface area (Å²) in [5, 5.41) is 9.20. The fourth-order valence-electron chi connectivity index (χ4n) is 2.20. The molecule has 0 saturated carbocycles. The van der Waals surface area contributed by atoms with Crippen LogP contribution in [0.15, 0.2) is 24.3 Å². The highest BCUT2D eigenvalue weighted by Gasteiger charge is 2.34. The highest BCUT2D eigenvalue weighted by Crippen LogP contribution is 2.32. The normalized spacial score (nSPS) is 13.8. The third-order valence-corrected chi connectivity index (χ3v) is 3.26. The molecule has 0 aliphatic heterocycles. The van der Waals surface area contributed by atoms with Gasteiger partial charge < -0.3 is 15.7 Å². The van der Waals surface area contributed by atoms with Crippen molar-refractivity contribution in [2.24, 2.45) is 5.73 Å². The highest BCUT2D eigenvalue weighted by molar-refractivity contribution is 5.66. The van der Waals surface area contributed by atoms with Crippen LogP contribution in [-0.2, 0) is 12.6 Å². The molecule has 1 atom stereocenters. The van der Waals surface area contributed by atoms with Gasteiger partial charge in [0, 0.05) is 18.1 Å². The van der Waals surface area contributed by atoms with Crippen molar-refractivity contribution in [3.63, 3.8) is 0 Å². The van der Waals surface area contributed by atoms with Gasteiger partial charge in [0.1, 0.15) is 0 Å². The Bertz CT molecular complexity index is 524. The SMILES string of the molecule is CC(C)(C)N(C[C@@H](N)Cc1ccccc1C(F)(F)F)C(=O)O. The zero-order valence-electron chi connectivity index (χ0n) is 12.8. The molecule has 1 aromatic rings. The summed E-state index contributed by atoms with van der Waals surface area (Å²) in [6.07, 6.45) is -5.64. The fourth-order valence-corrected chi connectivity index (χ4v) is 2.20. The van der Waals surface area contributed by atoms with E-state index in [0.29, 0.717) is 0 Å². The van der Waals surface area contributed by atoms with Crippen molar-refractivity contribution >= 4 is 6.09 Å². The van der Waals surface area contributed by atoms with Gasteiger partial charge in [-0.15, -0.1) is 0 Å². The van der Waals surface area contributed by atoms with Crippen molar-refractivity contribution in [2.75, 3.05) is 6.54 Å². The molecule has 0 saturated heterocycles. The van der Waals surface area contributed by atoms with E-state index in [0.717, 1.165) is 11.0 Å². The van der Waals surface area contributed by atoms with Crippen molar-refractivity contribution in [1.29, 1.82) is 0 Å². The van der Waals surface area contributed by atoms with E-state index in [1.54, 1.807) is 20.8 Å². The van der Waals surface area contributed by atoms with Gasteiger partial charge in [0.05, 0.1) is 5.56 Å². The van der Waals surface area contributed by atoms with E-state index >= 15 is 0 Å². The average Bonchev–Trinajstić information content (AvgIpc) is 2.33. The van der Waals surface area contributed by atoms with Crippen molar-refractivity contribution < 1.29 is 23.1 Å². The smallest absolute Gasteiger partial charge is 0.416 e. The molecule has 0 aliphatic carbocycles. The number of rotatable bonds is 4. The molecule has 0 bridgehead atoms. The maximum Gasteiger partial charge on any atom is 0.416 e. The topological polar surface area (TPSA) is 66.6 Å². The van der Waals surface area contributed by atoms with Crippen molar-refractivity contribution in [3.05, 3.63) is 35.4 Å². The van der Waals surface area contributed by atoms with E-state index in [9.17, 15) is 23.1 Å². The Morgan fingerprint density at radius 3 is 2.27 bits per heavy atom. The molecule has 1 amide bonds. The lowest BCUT2D eigenvalue weighted by Crippen LogP contribution is -2.51. The minimum absolute atomic E-state index is 0.0367. The number of alkyl halides is 3. The lowest BCUT2D eigenvalue weighted by atomic mass is 9.98. The molecule has 7 heteroatoms. The number of hydrogen-bond donors (Lipinski definition) is 2. The van der Waals surface area contributed by atoms with Gasteiger partial charge in [0.2, 0.25) is 0 Å². The summed E-state index contributed by atoms with van der Waals surface area (Å²) in [6, 6.07) is 4.47. The first-order valence-corrected chi connectivity index (χ1v) is 6.84. The zero-order valence-corrected chi connectivity index (χ0v) is 12.8. The van der Waals surface area contributed by atoms with Gasteiger partial charge in [0.15, 0.2) is 0 Å². The minimum atomic E-state index is -4.45. The number of carbonyl (C=O) groups is 1. The number of carboxylic acid groups (broad SMARTS) is 1. The molecule has 0 radical (unpaired) electrons. The third kappa shape index (κ3) is 4.91. The molecule has 4 nitrogen and oxygen atoms in total. The van der Waals surface area contributed by atoms with Gasteiger partial charge in [-0.05, 0) is 38.8 Å². The molecule has 3 N–H and O–H groups in total. The minimum Gasteiger partial charge on any atom is -0.465 e. The van der Waals surface area contributed by atoms with Crippen LogP contribution >= 0.6 is 0 Å². The molecular formula is C15H21F3N2O2.